The number of benzene rings is 3. The van der Waals surface area contributed by atoms with Crippen LogP contribution in [0.25, 0.3) is 11.2 Å². The summed E-state index contributed by atoms with van der Waals surface area (Å²) < 4.78 is 52.2. The van der Waals surface area contributed by atoms with Crippen molar-refractivity contribution < 1.29 is 37.0 Å². The second-order valence-electron chi connectivity index (χ2n) is 8.89. The van der Waals surface area contributed by atoms with Gasteiger partial charge < -0.3 is 19.0 Å². The predicted molar refractivity (Wildman–Crippen MR) is 140 cm³/mol. The fourth-order valence-electron chi connectivity index (χ4n) is 3.87. The number of amides is 1. The van der Waals surface area contributed by atoms with Gasteiger partial charge in [-0.1, -0.05) is 0 Å². The molecule has 0 fully saturated rings. The number of imidazole rings is 1. The number of hydrogen-bond donors (Lipinski definition) is 1. The molecule has 1 atom stereocenters. The van der Waals surface area contributed by atoms with Crippen molar-refractivity contribution in [2.24, 2.45) is 4.99 Å². The molecule has 13 heteroatoms. The van der Waals surface area contributed by atoms with E-state index in [4.69, 9.17) is 9.47 Å². The molecule has 0 aliphatic carbocycles. The van der Waals surface area contributed by atoms with Gasteiger partial charge in [-0.15, -0.1) is 0 Å². The smallest absolute Gasteiger partial charge is 0.338 e. The fraction of sp³-hybridized carbons (Fsp3) is 0.103. The Hall–Kier alpha value is -5.59. The highest BCUT2D eigenvalue weighted by Gasteiger charge is 2.21. The molecule has 5 rings (SSSR count). The lowest BCUT2D eigenvalue weighted by Crippen LogP contribution is -2.31. The maximum Gasteiger partial charge on any atom is 0.338 e. The summed E-state index contributed by atoms with van der Waals surface area (Å²) in [5.41, 5.74) is 0.866. The van der Waals surface area contributed by atoms with Crippen LogP contribution in [-0.2, 0) is 16.0 Å². The number of carbonyl (C=O) groups excluding carboxylic acids is 3. The second-order valence-corrected chi connectivity index (χ2v) is 8.89. The van der Waals surface area contributed by atoms with Crippen molar-refractivity contribution in [3.05, 3.63) is 125 Å². The SMILES string of the molecule is O=C(N=c1ncn(CC(COC(=O)c2ccc(F)cc2)OC(=O)c2ccc(F)cc2)c2nc[nH]c12)c1ccc(F)cc1. The van der Waals surface area contributed by atoms with Crippen molar-refractivity contribution in [3.8, 4) is 0 Å². The van der Waals surface area contributed by atoms with Gasteiger partial charge >= 0.3 is 11.9 Å². The number of aromatic nitrogens is 4. The summed E-state index contributed by atoms with van der Waals surface area (Å²) in [6.45, 7) is -0.512. The van der Waals surface area contributed by atoms with Gasteiger partial charge in [0, 0.05) is 5.56 Å². The topological polar surface area (TPSA) is 129 Å². The number of H-pyrrole nitrogens is 1. The van der Waals surface area contributed by atoms with Crippen LogP contribution < -0.4 is 5.49 Å². The molecule has 2 aromatic heterocycles. The molecule has 0 saturated carbocycles. The zero-order valence-electron chi connectivity index (χ0n) is 21.5. The van der Waals surface area contributed by atoms with Gasteiger partial charge in [0.2, 0.25) is 0 Å². The van der Waals surface area contributed by atoms with E-state index in [9.17, 15) is 27.6 Å². The van der Waals surface area contributed by atoms with E-state index in [1.54, 1.807) is 0 Å². The number of nitrogens with zero attached hydrogens (tertiary/aromatic N) is 4. The van der Waals surface area contributed by atoms with E-state index in [0.717, 1.165) is 36.4 Å². The Morgan fingerprint density at radius 3 is 1.93 bits per heavy atom. The molecule has 0 radical (unpaired) electrons. The first-order valence-corrected chi connectivity index (χ1v) is 12.4. The van der Waals surface area contributed by atoms with Gasteiger partial charge in [0.1, 0.15) is 29.6 Å². The monoisotopic (exact) mass is 575 g/mol. The van der Waals surface area contributed by atoms with Crippen molar-refractivity contribution in [1.82, 2.24) is 19.5 Å². The van der Waals surface area contributed by atoms with Crippen LogP contribution in [0, 0.1) is 17.5 Å². The molecule has 0 aliphatic heterocycles. The highest BCUT2D eigenvalue weighted by atomic mass is 19.1. The number of esters is 2. The summed E-state index contributed by atoms with van der Waals surface area (Å²) in [6, 6.07) is 14.2. The number of nitrogens with one attached hydrogen (secondary N) is 1. The number of rotatable bonds is 8. The Labute approximate surface area is 235 Å². The summed E-state index contributed by atoms with van der Waals surface area (Å²) in [4.78, 5) is 53.3. The summed E-state index contributed by atoms with van der Waals surface area (Å²) in [6.07, 6.45) is 1.57. The van der Waals surface area contributed by atoms with Gasteiger partial charge in [-0.3, -0.25) is 4.79 Å². The van der Waals surface area contributed by atoms with Crippen LogP contribution >= 0.6 is 0 Å². The first-order chi connectivity index (χ1) is 20.3. The van der Waals surface area contributed by atoms with Crippen molar-refractivity contribution >= 4 is 29.0 Å². The maximum atomic E-state index is 13.3. The number of aromatic amines is 1. The van der Waals surface area contributed by atoms with Gasteiger partial charge in [0.05, 0.1) is 30.3 Å². The summed E-state index contributed by atoms with van der Waals surface area (Å²) >= 11 is 0. The lowest BCUT2D eigenvalue weighted by atomic mass is 10.2. The van der Waals surface area contributed by atoms with Gasteiger partial charge in [-0.05, 0) is 72.8 Å². The van der Waals surface area contributed by atoms with Gasteiger partial charge in [-0.25, -0.2) is 32.7 Å². The molecule has 1 N–H and O–H groups in total. The number of ether oxygens (including phenoxy) is 2. The largest absolute Gasteiger partial charge is 0.458 e. The number of hydrogen-bond acceptors (Lipinski definition) is 7. The molecule has 0 spiro atoms. The van der Waals surface area contributed by atoms with Crippen molar-refractivity contribution in [3.63, 3.8) is 0 Å². The normalized spacial score (nSPS) is 12.2. The molecular formula is C29H20F3N5O5. The minimum Gasteiger partial charge on any atom is -0.458 e. The van der Waals surface area contributed by atoms with E-state index in [1.807, 2.05) is 0 Å². The Kier molecular flexibility index (Phi) is 8.18. The standard InChI is InChI=1S/C29H20F3N5O5/c30-20-7-1-17(2-8-20)27(38)36-25-24-26(34-15-33-24)37(16-35-25)13-23(42-29(40)19-5-11-22(32)12-6-19)14-41-28(39)18-3-9-21(31)10-4-18/h1-12,15-16,23H,13-14H2,(H,33,34). The summed E-state index contributed by atoms with van der Waals surface area (Å²) in [7, 11) is 0. The van der Waals surface area contributed by atoms with Crippen molar-refractivity contribution in [2.45, 2.75) is 12.6 Å². The molecule has 212 valence electrons. The van der Waals surface area contributed by atoms with Crippen LogP contribution in [0.5, 0.6) is 0 Å². The highest BCUT2D eigenvalue weighted by Crippen LogP contribution is 2.13. The third kappa shape index (κ3) is 6.58. The zero-order chi connectivity index (χ0) is 29.6. The molecule has 1 unspecified atom stereocenters. The molecule has 0 saturated heterocycles. The Bertz CT molecular complexity index is 1820. The van der Waals surface area contributed by atoms with Crippen LogP contribution in [-0.4, -0.2) is 50.1 Å². The van der Waals surface area contributed by atoms with E-state index in [2.05, 4.69) is 19.9 Å². The predicted octanol–water partition coefficient (Wildman–Crippen LogP) is 4.00. The third-order valence-electron chi connectivity index (χ3n) is 5.97. The first kappa shape index (κ1) is 28.0. The Morgan fingerprint density at radius 2 is 1.33 bits per heavy atom. The van der Waals surface area contributed by atoms with E-state index in [1.165, 1.54) is 53.6 Å². The minimum absolute atomic E-state index is 0.00988. The van der Waals surface area contributed by atoms with E-state index in [-0.39, 0.29) is 39.9 Å². The molecule has 1 amide bonds. The summed E-state index contributed by atoms with van der Waals surface area (Å²) in [5.74, 6) is -3.81. The maximum absolute atomic E-state index is 13.3. The molecule has 3 aromatic carbocycles. The molecule has 2 heterocycles. The fourth-order valence-corrected chi connectivity index (χ4v) is 3.87. The van der Waals surface area contributed by atoms with Crippen LogP contribution in [0.15, 0.2) is 90.4 Å². The van der Waals surface area contributed by atoms with Crippen molar-refractivity contribution in [2.75, 3.05) is 6.61 Å². The number of halogens is 3. The van der Waals surface area contributed by atoms with E-state index >= 15 is 0 Å². The zero-order valence-corrected chi connectivity index (χ0v) is 21.5. The van der Waals surface area contributed by atoms with Crippen molar-refractivity contribution in [1.29, 1.82) is 0 Å². The van der Waals surface area contributed by atoms with E-state index in [0.29, 0.717) is 0 Å². The molecule has 0 aliphatic rings. The third-order valence-corrected chi connectivity index (χ3v) is 5.97. The molecule has 5 aromatic rings. The minimum atomic E-state index is -1.08. The van der Waals surface area contributed by atoms with Crippen LogP contribution in [0.2, 0.25) is 0 Å². The average molecular weight is 576 g/mol. The van der Waals surface area contributed by atoms with Crippen LogP contribution in [0.1, 0.15) is 31.1 Å². The average Bonchev–Trinajstić information content (AvgIpc) is 3.49. The first-order valence-electron chi connectivity index (χ1n) is 12.4. The Balaban J connectivity index is 1.40. The Morgan fingerprint density at radius 1 is 0.786 bits per heavy atom. The number of carbonyl (C=O) groups is 3. The van der Waals surface area contributed by atoms with Gasteiger partial charge in [0.15, 0.2) is 17.2 Å². The molecule has 0 bridgehead atoms. The second kappa shape index (κ2) is 12.3. The molecular weight excluding hydrogens is 555 g/mol. The molecule has 42 heavy (non-hydrogen) atoms. The van der Waals surface area contributed by atoms with Gasteiger partial charge in [0.25, 0.3) is 5.91 Å². The van der Waals surface area contributed by atoms with Crippen LogP contribution in [0.3, 0.4) is 0 Å². The lowest BCUT2D eigenvalue weighted by Gasteiger charge is -2.20. The lowest BCUT2D eigenvalue weighted by molar-refractivity contribution is -0.00499. The van der Waals surface area contributed by atoms with E-state index < -0.39 is 48.0 Å². The van der Waals surface area contributed by atoms with Gasteiger partial charge in [-0.2, -0.15) is 4.99 Å². The summed E-state index contributed by atoms with van der Waals surface area (Å²) in [5, 5.41) is 0. The van der Waals surface area contributed by atoms with Crippen LogP contribution in [0.4, 0.5) is 13.2 Å². The molecule has 10 nitrogen and oxygen atoms in total. The number of fused-ring (bicyclic) bond motifs is 1. The quantitative estimate of drug-likeness (QED) is 0.277. The highest BCUT2D eigenvalue weighted by molar-refractivity contribution is 5.95.